The molecular formula is C15H19F2NO4. The number of alkyl halides is 2. The van der Waals surface area contributed by atoms with Gasteiger partial charge in [0.25, 0.3) is 0 Å². The SMILES string of the molecule is COc1cc(CCNC(=O)[C@H]2CCCO2)ccc1OC(F)F. The van der Waals surface area contributed by atoms with Crippen molar-refractivity contribution in [1.29, 1.82) is 0 Å². The van der Waals surface area contributed by atoms with E-state index in [4.69, 9.17) is 9.47 Å². The molecular weight excluding hydrogens is 296 g/mol. The molecule has 2 rings (SSSR count). The van der Waals surface area contributed by atoms with Crippen LogP contribution in [-0.2, 0) is 16.0 Å². The first-order chi connectivity index (χ1) is 10.6. The fourth-order valence-corrected chi connectivity index (χ4v) is 2.29. The van der Waals surface area contributed by atoms with Crippen LogP contribution in [0.1, 0.15) is 18.4 Å². The maximum absolute atomic E-state index is 12.2. The molecule has 1 aromatic carbocycles. The Labute approximate surface area is 127 Å². The number of ether oxygens (including phenoxy) is 3. The predicted octanol–water partition coefficient (Wildman–Crippen LogP) is 2.13. The smallest absolute Gasteiger partial charge is 0.387 e. The van der Waals surface area contributed by atoms with Crippen LogP contribution in [-0.4, -0.2) is 38.9 Å². The zero-order chi connectivity index (χ0) is 15.9. The van der Waals surface area contributed by atoms with Crippen LogP contribution in [0.3, 0.4) is 0 Å². The summed E-state index contributed by atoms with van der Waals surface area (Å²) in [7, 11) is 1.39. The highest BCUT2D eigenvalue weighted by atomic mass is 19.3. The van der Waals surface area contributed by atoms with Gasteiger partial charge in [0.05, 0.1) is 7.11 Å². The lowest BCUT2D eigenvalue weighted by atomic mass is 10.1. The minimum absolute atomic E-state index is 0.00959. The Morgan fingerprint density at radius 1 is 1.45 bits per heavy atom. The van der Waals surface area contributed by atoms with Gasteiger partial charge in [-0.05, 0) is 37.0 Å². The van der Waals surface area contributed by atoms with E-state index in [-0.39, 0.29) is 23.5 Å². The van der Waals surface area contributed by atoms with Gasteiger partial charge in [-0.3, -0.25) is 4.79 Å². The van der Waals surface area contributed by atoms with Crippen molar-refractivity contribution in [3.63, 3.8) is 0 Å². The number of carbonyl (C=O) groups excluding carboxylic acids is 1. The third-order valence-electron chi connectivity index (χ3n) is 3.38. The van der Waals surface area contributed by atoms with E-state index in [2.05, 4.69) is 10.1 Å². The molecule has 0 spiro atoms. The third kappa shape index (κ3) is 4.56. The second kappa shape index (κ2) is 7.93. The average Bonchev–Trinajstić information content (AvgIpc) is 3.02. The van der Waals surface area contributed by atoms with Gasteiger partial charge in [0.1, 0.15) is 6.10 Å². The molecule has 122 valence electrons. The van der Waals surface area contributed by atoms with E-state index in [9.17, 15) is 13.6 Å². The van der Waals surface area contributed by atoms with Gasteiger partial charge in [0.2, 0.25) is 5.91 Å². The molecule has 0 aliphatic carbocycles. The van der Waals surface area contributed by atoms with Crippen molar-refractivity contribution in [3.8, 4) is 11.5 Å². The van der Waals surface area contributed by atoms with Crippen molar-refractivity contribution < 1.29 is 27.8 Å². The molecule has 0 unspecified atom stereocenters. The Hall–Kier alpha value is -1.89. The number of hydrogen-bond acceptors (Lipinski definition) is 4. The summed E-state index contributed by atoms with van der Waals surface area (Å²) in [6, 6.07) is 4.72. The summed E-state index contributed by atoms with van der Waals surface area (Å²) < 4.78 is 39.2. The average molecular weight is 315 g/mol. The monoisotopic (exact) mass is 315 g/mol. The van der Waals surface area contributed by atoms with E-state index in [1.807, 2.05) is 0 Å². The second-order valence-corrected chi connectivity index (χ2v) is 4.91. The Morgan fingerprint density at radius 3 is 2.91 bits per heavy atom. The number of methoxy groups -OCH3 is 1. The minimum Gasteiger partial charge on any atom is -0.493 e. The van der Waals surface area contributed by atoms with Crippen LogP contribution >= 0.6 is 0 Å². The summed E-state index contributed by atoms with van der Waals surface area (Å²) in [5.41, 5.74) is 0.853. The summed E-state index contributed by atoms with van der Waals surface area (Å²) in [6.45, 7) is -1.83. The molecule has 0 radical (unpaired) electrons. The van der Waals surface area contributed by atoms with Crippen LogP contribution in [0.4, 0.5) is 8.78 Å². The van der Waals surface area contributed by atoms with Gasteiger partial charge in [0.15, 0.2) is 11.5 Å². The number of carbonyl (C=O) groups is 1. The molecule has 0 saturated carbocycles. The summed E-state index contributed by atoms with van der Waals surface area (Å²) in [4.78, 5) is 11.8. The van der Waals surface area contributed by atoms with Crippen LogP contribution in [0.5, 0.6) is 11.5 Å². The van der Waals surface area contributed by atoms with Crippen molar-refractivity contribution in [3.05, 3.63) is 23.8 Å². The molecule has 22 heavy (non-hydrogen) atoms. The van der Waals surface area contributed by atoms with Gasteiger partial charge in [-0.15, -0.1) is 0 Å². The van der Waals surface area contributed by atoms with Crippen LogP contribution in [0.15, 0.2) is 18.2 Å². The van der Waals surface area contributed by atoms with Gasteiger partial charge in [-0.2, -0.15) is 8.78 Å². The van der Waals surface area contributed by atoms with Crippen LogP contribution in [0.25, 0.3) is 0 Å². The van der Waals surface area contributed by atoms with Crippen LogP contribution in [0.2, 0.25) is 0 Å². The maximum Gasteiger partial charge on any atom is 0.387 e. The second-order valence-electron chi connectivity index (χ2n) is 4.91. The van der Waals surface area contributed by atoms with Gasteiger partial charge < -0.3 is 19.5 Å². The Morgan fingerprint density at radius 2 is 2.27 bits per heavy atom. The lowest BCUT2D eigenvalue weighted by molar-refractivity contribution is -0.130. The predicted molar refractivity (Wildman–Crippen MR) is 75.3 cm³/mol. The van der Waals surface area contributed by atoms with Crippen molar-refractivity contribution in [2.75, 3.05) is 20.3 Å². The van der Waals surface area contributed by atoms with Gasteiger partial charge in [-0.25, -0.2) is 0 Å². The highest BCUT2D eigenvalue weighted by Gasteiger charge is 2.22. The topological polar surface area (TPSA) is 56.8 Å². The van der Waals surface area contributed by atoms with Gasteiger partial charge >= 0.3 is 6.61 Å². The number of rotatable bonds is 7. The first kappa shape index (κ1) is 16.5. The first-order valence-electron chi connectivity index (χ1n) is 7.11. The van der Waals surface area contributed by atoms with Gasteiger partial charge in [-0.1, -0.05) is 6.07 Å². The Bertz CT molecular complexity index is 504. The molecule has 0 bridgehead atoms. The maximum atomic E-state index is 12.2. The molecule has 1 fully saturated rings. The van der Waals surface area contributed by atoms with E-state index >= 15 is 0 Å². The van der Waals surface area contributed by atoms with Crippen molar-refractivity contribution in [2.24, 2.45) is 0 Å². The standard InChI is InChI=1S/C15H19F2NO4/c1-20-13-9-10(4-5-11(13)22-15(16)17)6-7-18-14(19)12-3-2-8-21-12/h4-5,9,12,15H,2-3,6-8H2,1H3,(H,18,19)/t12-/m1/s1. The molecule has 1 aromatic rings. The van der Waals surface area contributed by atoms with E-state index in [0.717, 1.165) is 18.4 Å². The Balaban J connectivity index is 1.85. The molecule has 1 atom stereocenters. The lowest BCUT2D eigenvalue weighted by Gasteiger charge is -2.12. The third-order valence-corrected chi connectivity index (χ3v) is 3.38. The normalized spacial score (nSPS) is 17.5. The van der Waals surface area contributed by atoms with Crippen molar-refractivity contribution >= 4 is 5.91 Å². The fourth-order valence-electron chi connectivity index (χ4n) is 2.29. The molecule has 1 heterocycles. The molecule has 1 amide bonds. The van der Waals surface area contributed by atoms with E-state index < -0.39 is 6.61 Å². The highest BCUT2D eigenvalue weighted by molar-refractivity contribution is 5.80. The molecule has 1 saturated heterocycles. The lowest BCUT2D eigenvalue weighted by Crippen LogP contribution is -2.35. The number of hydrogen-bond donors (Lipinski definition) is 1. The van der Waals surface area contributed by atoms with E-state index in [1.54, 1.807) is 12.1 Å². The molecule has 7 heteroatoms. The highest BCUT2D eigenvalue weighted by Crippen LogP contribution is 2.29. The van der Waals surface area contributed by atoms with Crippen molar-refractivity contribution in [2.45, 2.75) is 32.0 Å². The minimum atomic E-state index is -2.90. The molecule has 5 nitrogen and oxygen atoms in total. The first-order valence-corrected chi connectivity index (χ1v) is 7.11. The summed E-state index contributed by atoms with van der Waals surface area (Å²) in [5, 5.41) is 2.80. The van der Waals surface area contributed by atoms with Crippen molar-refractivity contribution in [1.82, 2.24) is 5.32 Å². The van der Waals surface area contributed by atoms with E-state index in [0.29, 0.717) is 19.6 Å². The van der Waals surface area contributed by atoms with E-state index in [1.165, 1.54) is 13.2 Å². The number of benzene rings is 1. The summed E-state index contributed by atoms with van der Waals surface area (Å²) in [5.74, 6) is 0.120. The zero-order valence-electron chi connectivity index (χ0n) is 12.3. The number of amides is 1. The summed E-state index contributed by atoms with van der Waals surface area (Å²) >= 11 is 0. The van der Waals surface area contributed by atoms with Gasteiger partial charge in [0, 0.05) is 13.2 Å². The quantitative estimate of drug-likeness (QED) is 0.837. The number of nitrogens with one attached hydrogen (secondary N) is 1. The molecule has 1 N–H and O–H groups in total. The Kier molecular flexibility index (Phi) is 5.94. The molecule has 0 aromatic heterocycles. The number of halogens is 2. The van der Waals surface area contributed by atoms with Crippen LogP contribution < -0.4 is 14.8 Å². The fraction of sp³-hybridized carbons (Fsp3) is 0.533. The molecule has 1 aliphatic heterocycles. The van der Waals surface area contributed by atoms with Crippen LogP contribution in [0, 0.1) is 0 Å². The molecule has 1 aliphatic rings. The summed E-state index contributed by atoms with van der Waals surface area (Å²) in [6.07, 6.45) is 1.86. The zero-order valence-corrected chi connectivity index (χ0v) is 12.3. The largest absolute Gasteiger partial charge is 0.493 e.